The first-order valence-electron chi connectivity index (χ1n) is 7.96. The zero-order valence-electron chi connectivity index (χ0n) is 14.1. The summed E-state index contributed by atoms with van der Waals surface area (Å²) >= 11 is 17.5. The van der Waals surface area contributed by atoms with Gasteiger partial charge >= 0.3 is 0 Å². The average molecular weight is 438 g/mol. The zero-order valence-corrected chi connectivity index (χ0v) is 16.4. The Morgan fingerprint density at radius 2 is 1.32 bits per heavy atom. The van der Waals surface area contributed by atoms with Crippen LogP contribution < -0.4 is 10.6 Å². The number of hydrogen-bond donors (Lipinski definition) is 2. The molecule has 0 spiro atoms. The highest BCUT2D eigenvalue weighted by atomic mass is 35.5. The first kappa shape index (κ1) is 20.1. The highest BCUT2D eigenvalue weighted by Crippen LogP contribution is 2.22. The van der Waals surface area contributed by atoms with Gasteiger partial charge in [0.2, 0.25) is 0 Å². The number of benzene rings is 3. The van der Waals surface area contributed by atoms with Crippen LogP contribution in [0, 0.1) is 5.82 Å². The lowest BCUT2D eigenvalue weighted by molar-refractivity contribution is 0.101. The number of amides is 2. The molecule has 3 aromatic carbocycles. The summed E-state index contributed by atoms with van der Waals surface area (Å²) in [5, 5.41) is 5.87. The van der Waals surface area contributed by atoms with Crippen molar-refractivity contribution in [3.63, 3.8) is 0 Å². The fraction of sp³-hybridized carbons (Fsp3) is 0. The summed E-state index contributed by atoms with van der Waals surface area (Å²) in [6, 6.07) is 14.7. The topological polar surface area (TPSA) is 58.2 Å². The van der Waals surface area contributed by atoms with Crippen molar-refractivity contribution < 1.29 is 14.0 Å². The number of anilines is 2. The van der Waals surface area contributed by atoms with Crippen molar-refractivity contribution in [1.29, 1.82) is 0 Å². The van der Waals surface area contributed by atoms with Crippen molar-refractivity contribution in [2.45, 2.75) is 0 Å². The van der Waals surface area contributed by atoms with Gasteiger partial charge in [-0.25, -0.2) is 4.39 Å². The quantitative estimate of drug-likeness (QED) is 0.504. The van der Waals surface area contributed by atoms with E-state index in [1.165, 1.54) is 36.4 Å². The summed E-state index contributed by atoms with van der Waals surface area (Å²) in [6.07, 6.45) is 0. The first-order chi connectivity index (χ1) is 13.3. The number of hydrogen-bond acceptors (Lipinski definition) is 2. The Kier molecular flexibility index (Phi) is 6.19. The van der Waals surface area contributed by atoms with Crippen LogP contribution >= 0.6 is 34.8 Å². The predicted molar refractivity (Wildman–Crippen MR) is 110 cm³/mol. The SMILES string of the molecule is O=C(Nc1cccc(C(=O)Nc2ccc(F)c(Cl)c2)c1)c1cc(Cl)cc(Cl)c1. The van der Waals surface area contributed by atoms with Crippen LogP contribution in [-0.4, -0.2) is 11.8 Å². The van der Waals surface area contributed by atoms with E-state index in [4.69, 9.17) is 34.8 Å². The number of nitrogens with one attached hydrogen (secondary N) is 2. The molecule has 0 atom stereocenters. The third kappa shape index (κ3) is 5.01. The fourth-order valence-corrected chi connectivity index (χ4v) is 3.11. The third-order valence-electron chi connectivity index (χ3n) is 3.68. The molecule has 3 rings (SSSR count). The van der Waals surface area contributed by atoms with Gasteiger partial charge in [0.1, 0.15) is 5.82 Å². The molecule has 3 aromatic rings. The molecule has 2 amide bonds. The summed E-state index contributed by atoms with van der Waals surface area (Å²) in [6.45, 7) is 0. The Balaban J connectivity index is 1.75. The summed E-state index contributed by atoms with van der Waals surface area (Å²) in [5.41, 5.74) is 1.33. The lowest BCUT2D eigenvalue weighted by atomic mass is 10.1. The molecule has 0 saturated carbocycles. The van der Waals surface area contributed by atoms with Crippen LogP contribution in [0.3, 0.4) is 0 Å². The number of rotatable bonds is 4. The van der Waals surface area contributed by atoms with Gasteiger partial charge in [-0.2, -0.15) is 0 Å². The van der Waals surface area contributed by atoms with Crippen LogP contribution in [0.15, 0.2) is 60.7 Å². The highest BCUT2D eigenvalue weighted by Gasteiger charge is 2.12. The third-order valence-corrected chi connectivity index (χ3v) is 4.41. The second-order valence-corrected chi connectivity index (χ2v) is 7.06. The molecule has 142 valence electrons. The van der Waals surface area contributed by atoms with Crippen molar-refractivity contribution in [3.8, 4) is 0 Å². The zero-order chi connectivity index (χ0) is 20.3. The minimum atomic E-state index is -0.578. The van der Waals surface area contributed by atoms with E-state index in [0.717, 1.165) is 6.07 Å². The predicted octanol–water partition coefficient (Wildman–Crippen LogP) is 6.29. The van der Waals surface area contributed by atoms with E-state index in [1.807, 2.05) is 0 Å². The summed E-state index contributed by atoms with van der Waals surface area (Å²) < 4.78 is 13.2. The Morgan fingerprint density at radius 3 is 1.96 bits per heavy atom. The molecule has 0 saturated heterocycles. The van der Waals surface area contributed by atoms with E-state index in [0.29, 0.717) is 27.0 Å². The van der Waals surface area contributed by atoms with Crippen LogP contribution in [0.1, 0.15) is 20.7 Å². The standard InChI is InChI=1S/C20H12Cl3FN2O2/c21-13-6-12(7-14(22)9-13)20(28)25-15-3-1-2-11(8-15)19(27)26-16-4-5-18(24)17(23)10-16/h1-10H,(H,25,28)(H,26,27). The van der Waals surface area contributed by atoms with Gasteiger partial charge in [0.25, 0.3) is 11.8 Å². The van der Waals surface area contributed by atoms with Crippen LogP contribution in [0.4, 0.5) is 15.8 Å². The van der Waals surface area contributed by atoms with E-state index < -0.39 is 17.6 Å². The van der Waals surface area contributed by atoms with Crippen LogP contribution in [0.25, 0.3) is 0 Å². The molecular formula is C20H12Cl3FN2O2. The highest BCUT2D eigenvalue weighted by molar-refractivity contribution is 6.35. The van der Waals surface area contributed by atoms with Gasteiger partial charge in [-0.1, -0.05) is 40.9 Å². The molecule has 8 heteroatoms. The van der Waals surface area contributed by atoms with E-state index >= 15 is 0 Å². The monoisotopic (exact) mass is 436 g/mol. The molecule has 0 aliphatic carbocycles. The van der Waals surface area contributed by atoms with Crippen LogP contribution in [0.2, 0.25) is 15.1 Å². The number of carbonyl (C=O) groups excluding carboxylic acids is 2. The fourth-order valence-electron chi connectivity index (χ4n) is 2.40. The maximum Gasteiger partial charge on any atom is 0.255 e. The summed E-state index contributed by atoms with van der Waals surface area (Å²) in [5.74, 6) is -1.44. The second kappa shape index (κ2) is 8.61. The maximum atomic E-state index is 13.2. The molecule has 28 heavy (non-hydrogen) atoms. The Hall–Kier alpha value is -2.60. The van der Waals surface area contributed by atoms with Gasteiger partial charge in [-0.15, -0.1) is 0 Å². The number of carbonyl (C=O) groups is 2. The first-order valence-corrected chi connectivity index (χ1v) is 9.09. The minimum Gasteiger partial charge on any atom is -0.322 e. The Bertz CT molecular complexity index is 1050. The van der Waals surface area contributed by atoms with Gasteiger partial charge in [0.05, 0.1) is 5.02 Å². The van der Waals surface area contributed by atoms with Crippen molar-refractivity contribution in [1.82, 2.24) is 0 Å². The van der Waals surface area contributed by atoms with Crippen molar-refractivity contribution in [2.75, 3.05) is 10.6 Å². The van der Waals surface area contributed by atoms with Crippen LogP contribution in [-0.2, 0) is 0 Å². The van der Waals surface area contributed by atoms with Crippen molar-refractivity contribution in [2.24, 2.45) is 0 Å². The molecule has 4 nitrogen and oxygen atoms in total. The second-order valence-electron chi connectivity index (χ2n) is 5.78. The summed E-state index contributed by atoms with van der Waals surface area (Å²) in [4.78, 5) is 24.8. The molecule has 0 radical (unpaired) electrons. The molecule has 0 aliphatic heterocycles. The van der Waals surface area contributed by atoms with Crippen molar-refractivity contribution >= 4 is 58.0 Å². The van der Waals surface area contributed by atoms with Gasteiger partial charge in [0, 0.05) is 32.5 Å². The molecule has 0 heterocycles. The minimum absolute atomic E-state index is 0.0982. The molecule has 2 N–H and O–H groups in total. The molecular weight excluding hydrogens is 426 g/mol. The van der Waals surface area contributed by atoms with Gasteiger partial charge in [-0.3, -0.25) is 9.59 Å². The Morgan fingerprint density at radius 1 is 0.714 bits per heavy atom. The molecule has 0 fully saturated rings. The normalized spacial score (nSPS) is 10.4. The van der Waals surface area contributed by atoms with Crippen molar-refractivity contribution in [3.05, 3.63) is 92.7 Å². The average Bonchev–Trinajstić information content (AvgIpc) is 2.64. The number of halogens is 4. The van der Waals surface area contributed by atoms with Gasteiger partial charge < -0.3 is 10.6 Å². The van der Waals surface area contributed by atoms with E-state index in [-0.39, 0.29) is 10.6 Å². The van der Waals surface area contributed by atoms with E-state index in [1.54, 1.807) is 18.2 Å². The van der Waals surface area contributed by atoms with Gasteiger partial charge in [0.15, 0.2) is 0 Å². The smallest absolute Gasteiger partial charge is 0.255 e. The van der Waals surface area contributed by atoms with E-state index in [2.05, 4.69) is 10.6 Å². The molecule has 0 aromatic heterocycles. The van der Waals surface area contributed by atoms with E-state index in [9.17, 15) is 14.0 Å². The maximum absolute atomic E-state index is 13.2. The molecule has 0 bridgehead atoms. The van der Waals surface area contributed by atoms with Crippen LogP contribution in [0.5, 0.6) is 0 Å². The lowest BCUT2D eigenvalue weighted by Gasteiger charge is -2.09. The summed E-state index contributed by atoms with van der Waals surface area (Å²) in [7, 11) is 0. The molecule has 0 aliphatic rings. The van der Waals surface area contributed by atoms with Gasteiger partial charge in [-0.05, 0) is 54.6 Å². The Labute approximate surface area is 175 Å². The largest absolute Gasteiger partial charge is 0.322 e. The lowest BCUT2D eigenvalue weighted by Crippen LogP contribution is -2.14. The molecule has 0 unspecified atom stereocenters.